The minimum atomic E-state index is -3.76. The van der Waals surface area contributed by atoms with Crippen molar-refractivity contribution >= 4 is 7.92 Å². The molecule has 3 nitrogen and oxygen atoms in total. The zero-order valence-electron chi connectivity index (χ0n) is 19.9. The van der Waals surface area contributed by atoms with E-state index in [1.165, 1.54) is 116 Å². The summed E-state index contributed by atoms with van der Waals surface area (Å²) >= 11 is -3.76. The SMILES string of the molecule is CCCCCCCCP(CCCCCCCC)CCCCCCCC.[O-][I+2]([O-])O. The van der Waals surface area contributed by atoms with E-state index in [1.54, 1.807) is 18.5 Å². The van der Waals surface area contributed by atoms with E-state index in [2.05, 4.69) is 20.8 Å². The Morgan fingerprint density at radius 1 is 0.483 bits per heavy atom. The van der Waals surface area contributed by atoms with Crippen LogP contribution in [0.5, 0.6) is 0 Å². The van der Waals surface area contributed by atoms with E-state index < -0.39 is 21.1 Å². The lowest BCUT2D eigenvalue weighted by atomic mass is 10.1. The first-order valence-electron chi connectivity index (χ1n) is 12.5. The molecule has 0 saturated carbocycles. The molecule has 1 N–H and O–H groups in total. The summed E-state index contributed by atoms with van der Waals surface area (Å²) in [6.45, 7) is 6.96. The van der Waals surface area contributed by atoms with Gasteiger partial charge in [0.1, 0.15) is 0 Å². The van der Waals surface area contributed by atoms with E-state index in [4.69, 9.17) is 10.3 Å². The van der Waals surface area contributed by atoms with Gasteiger partial charge in [-0.05, 0) is 41.2 Å². The van der Waals surface area contributed by atoms with Crippen molar-refractivity contribution in [3.8, 4) is 0 Å². The van der Waals surface area contributed by atoms with Gasteiger partial charge >= 0.3 is 21.1 Å². The Balaban J connectivity index is 0. The van der Waals surface area contributed by atoms with Crippen LogP contribution < -0.4 is 27.9 Å². The second-order valence-electron chi connectivity index (χ2n) is 8.35. The molecule has 0 aromatic heterocycles. The predicted molar refractivity (Wildman–Crippen MR) is 124 cm³/mol. The first-order valence-corrected chi connectivity index (χ1v) is 17.2. The van der Waals surface area contributed by atoms with Crippen molar-refractivity contribution in [1.82, 2.24) is 0 Å². The average Bonchev–Trinajstić information content (AvgIpc) is 2.68. The van der Waals surface area contributed by atoms with Crippen LogP contribution in [-0.2, 0) is 0 Å². The van der Waals surface area contributed by atoms with Crippen molar-refractivity contribution in [2.24, 2.45) is 0 Å². The molecule has 0 unspecified atom stereocenters. The molecular weight excluding hydrogens is 494 g/mol. The molecule has 0 aliphatic carbocycles. The van der Waals surface area contributed by atoms with Gasteiger partial charge in [0.05, 0.1) is 0 Å². The molecule has 178 valence electrons. The molecule has 0 bridgehead atoms. The zero-order valence-corrected chi connectivity index (χ0v) is 23.0. The largest absolute Gasteiger partial charge is 0.503 e. The Hall–Kier alpha value is 1.04. The van der Waals surface area contributed by atoms with Crippen LogP contribution in [0.4, 0.5) is 0 Å². The van der Waals surface area contributed by atoms with Crippen LogP contribution in [0, 0.1) is 0 Å². The van der Waals surface area contributed by atoms with Crippen LogP contribution in [0.15, 0.2) is 0 Å². The number of rotatable bonds is 21. The maximum atomic E-state index is 8.68. The van der Waals surface area contributed by atoms with E-state index in [0.29, 0.717) is 7.92 Å². The normalized spacial score (nSPS) is 11.2. The monoisotopic (exact) mass is 546 g/mol. The van der Waals surface area contributed by atoms with E-state index in [9.17, 15) is 0 Å². The highest BCUT2D eigenvalue weighted by Crippen LogP contribution is 2.39. The summed E-state index contributed by atoms with van der Waals surface area (Å²) in [5.41, 5.74) is 0. The first-order chi connectivity index (χ1) is 14.1. The smallest absolute Gasteiger partial charge is 0.396 e. The van der Waals surface area contributed by atoms with Crippen molar-refractivity contribution in [3.63, 3.8) is 0 Å². The topological polar surface area (TPSA) is 66.3 Å². The third-order valence-electron chi connectivity index (χ3n) is 5.48. The fourth-order valence-corrected chi connectivity index (χ4v) is 6.37. The lowest BCUT2D eigenvalue weighted by Crippen LogP contribution is -3.98. The van der Waals surface area contributed by atoms with Gasteiger partial charge in [-0.15, -0.1) is 7.92 Å². The minimum Gasteiger partial charge on any atom is -0.396 e. The molecule has 0 fully saturated rings. The zero-order chi connectivity index (χ0) is 22.0. The number of hydrogen-bond acceptors (Lipinski definition) is 3. The van der Waals surface area contributed by atoms with Gasteiger partial charge < -0.3 is 6.87 Å². The molecule has 5 heteroatoms. The standard InChI is InChI=1S/C24H51P.HIO3/c1-4-7-10-13-16-19-22-25(23-20-17-14-11-8-5-2)24-21-18-15-12-9-6-3;2-1(3)4/h4-24H2,1-3H3;2H. The van der Waals surface area contributed by atoms with Crippen LogP contribution in [-0.4, -0.2) is 21.9 Å². The van der Waals surface area contributed by atoms with Crippen molar-refractivity contribution in [2.45, 2.75) is 136 Å². The van der Waals surface area contributed by atoms with Gasteiger partial charge in [-0.25, -0.2) is 0 Å². The lowest BCUT2D eigenvalue weighted by molar-refractivity contribution is -1.63. The number of hydrogen-bond donors (Lipinski definition) is 1. The van der Waals surface area contributed by atoms with E-state index in [-0.39, 0.29) is 0 Å². The summed E-state index contributed by atoms with van der Waals surface area (Å²) in [6.07, 6.45) is 31.2. The van der Waals surface area contributed by atoms with Gasteiger partial charge in [-0.3, -0.25) is 0 Å². The molecule has 0 saturated heterocycles. The summed E-state index contributed by atoms with van der Waals surface area (Å²) < 4.78 is 24.5. The maximum Gasteiger partial charge on any atom is 0.503 e. The van der Waals surface area contributed by atoms with Crippen molar-refractivity contribution in [1.29, 1.82) is 0 Å². The fourth-order valence-electron chi connectivity index (χ4n) is 3.68. The molecule has 0 spiro atoms. The van der Waals surface area contributed by atoms with E-state index >= 15 is 0 Å². The Kier molecular flexibility index (Phi) is 32.3. The maximum absolute atomic E-state index is 8.68. The summed E-state index contributed by atoms with van der Waals surface area (Å²) in [5, 5.41) is 0. The fraction of sp³-hybridized carbons (Fsp3) is 1.00. The van der Waals surface area contributed by atoms with Gasteiger partial charge in [0, 0.05) is 0 Å². The number of unbranched alkanes of at least 4 members (excludes halogenated alkanes) is 15. The van der Waals surface area contributed by atoms with Gasteiger partial charge in [-0.1, -0.05) is 117 Å². The molecule has 0 atom stereocenters. The lowest BCUT2D eigenvalue weighted by Gasteiger charge is -2.18. The third-order valence-corrected chi connectivity index (χ3v) is 8.33. The van der Waals surface area contributed by atoms with Crippen LogP contribution in [0.3, 0.4) is 0 Å². The molecule has 0 aliphatic heterocycles. The van der Waals surface area contributed by atoms with Crippen LogP contribution in [0.25, 0.3) is 0 Å². The van der Waals surface area contributed by atoms with E-state index in [0.717, 1.165) is 0 Å². The molecule has 0 amide bonds. The van der Waals surface area contributed by atoms with Crippen LogP contribution in [0.1, 0.15) is 136 Å². The molecule has 0 aliphatic rings. The van der Waals surface area contributed by atoms with Crippen molar-refractivity contribution in [3.05, 3.63) is 0 Å². The highest BCUT2D eigenvalue weighted by atomic mass is 127. The second-order valence-corrected chi connectivity index (χ2v) is 12.2. The molecule has 0 radical (unpaired) electrons. The second kappa shape index (κ2) is 29.0. The average molecular weight is 547 g/mol. The molecule has 0 rings (SSSR count). The summed E-state index contributed by atoms with van der Waals surface area (Å²) in [7, 11) is 0.366. The van der Waals surface area contributed by atoms with E-state index in [1.807, 2.05) is 0 Å². The summed E-state index contributed by atoms with van der Waals surface area (Å²) in [4.78, 5) is 0. The molecule has 0 aromatic carbocycles. The highest BCUT2D eigenvalue weighted by molar-refractivity contribution is 7.57. The summed E-state index contributed by atoms with van der Waals surface area (Å²) in [5.74, 6) is 0. The van der Waals surface area contributed by atoms with Gasteiger partial charge in [0.25, 0.3) is 0 Å². The molecule has 0 heterocycles. The quantitative estimate of drug-likeness (QED) is 0.136. The van der Waals surface area contributed by atoms with Crippen molar-refractivity contribution in [2.75, 3.05) is 18.5 Å². The van der Waals surface area contributed by atoms with Crippen molar-refractivity contribution < 1.29 is 31.4 Å². The summed E-state index contributed by atoms with van der Waals surface area (Å²) in [6, 6.07) is 0. The Bertz CT molecular complexity index is 240. The predicted octanol–water partition coefficient (Wildman–Crippen LogP) is 3.62. The minimum absolute atomic E-state index is 0.366. The van der Waals surface area contributed by atoms with Gasteiger partial charge in [0.15, 0.2) is 0 Å². The highest BCUT2D eigenvalue weighted by Gasteiger charge is 2.07. The Morgan fingerprint density at radius 3 is 0.931 bits per heavy atom. The van der Waals surface area contributed by atoms with Gasteiger partial charge in [0.2, 0.25) is 0 Å². The van der Waals surface area contributed by atoms with Crippen LogP contribution in [0.2, 0.25) is 0 Å². The Labute approximate surface area is 193 Å². The molecular formula is C24H52IO3P. The molecule has 0 aromatic rings. The van der Waals surface area contributed by atoms with Crippen LogP contribution >= 0.6 is 7.92 Å². The van der Waals surface area contributed by atoms with Gasteiger partial charge in [-0.2, -0.15) is 0 Å². The third kappa shape index (κ3) is 33.9. The number of halogens is 1. The molecule has 29 heavy (non-hydrogen) atoms. The Morgan fingerprint density at radius 2 is 0.690 bits per heavy atom. The first kappa shape index (κ1) is 32.2.